The van der Waals surface area contributed by atoms with Crippen molar-refractivity contribution in [3.8, 4) is 5.75 Å². The molecule has 1 heterocycles. The standard InChI is InChI=1S/C16H24N2O2.ClH/c1-12-6-7-13(2)15(9-12)20-11-16(19)18-8-4-3-5-14(18)10-17;/h6-7,9,14H,3-5,8,10-11,17H2,1-2H3;1H. The molecule has 1 saturated heterocycles. The maximum atomic E-state index is 12.3. The number of benzene rings is 1. The van der Waals surface area contributed by atoms with Gasteiger partial charge in [0.05, 0.1) is 0 Å². The Labute approximate surface area is 133 Å². The van der Waals surface area contributed by atoms with Gasteiger partial charge in [-0.05, 0) is 50.3 Å². The topological polar surface area (TPSA) is 55.6 Å². The third-order valence-electron chi connectivity index (χ3n) is 3.91. The fourth-order valence-electron chi connectivity index (χ4n) is 2.66. The van der Waals surface area contributed by atoms with Crippen molar-refractivity contribution in [2.24, 2.45) is 5.73 Å². The summed E-state index contributed by atoms with van der Waals surface area (Å²) in [5, 5.41) is 0. The van der Waals surface area contributed by atoms with E-state index in [-0.39, 0.29) is 31.0 Å². The minimum atomic E-state index is 0. The van der Waals surface area contributed by atoms with Crippen LogP contribution in [0.2, 0.25) is 0 Å². The highest BCUT2D eigenvalue weighted by molar-refractivity contribution is 5.85. The number of carbonyl (C=O) groups is 1. The van der Waals surface area contributed by atoms with E-state index in [1.807, 2.05) is 36.9 Å². The Morgan fingerprint density at radius 2 is 2.14 bits per heavy atom. The first-order valence-electron chi connectivity index (χ1n) is 7.31. The molecular formula is C16H25ClN2O2. The first kappa shape index (κ1) is 17.8. The van der Waals surface area contributed by atoms with E-state index in [1.54, 1.807) is 0 Å². The van der Waals surface area contributed by atoms with Gasteiger partial charge in [-0.1, -0.05) is 12.1 Å². The van der Waals surface area contributed by atoms with E-state index < -0.39 is 0 Å². The molecule has 1 aromatic rings. The molecule has 0 saturated carbocycles. The van der Waals surface area contributed by atoms with Gasteiger partial charge < -0.3 is 15.4 Å². The molecule has 1 unspecified atom stereocenters. The fraction of sp³-hybridized carbons (Fsp3) is 0.562. The number of nitrogens with two attached hydrogens (primary N) is 1. The molecule has 0 aromatic heterocycles. The van der Waals surface area contributed by atoms with Crippen LogP contribution in [0.15, 0.2) is 18.2 Å². The van der Waals surface area contributed by atoms with Gasteiger partial charge in [0.25, 0.3) is 5.91 Å². The van der Waals surface area contributed by atoms with E-state index in [4.69, 9.17) is 10.5 Å². The van der Waals surface area contributed by atoms with Gasteiger partial charge in [-0.2, -0.15) is 0 Å². The van der Waals surface area contributed by atoms with Gasteiger partial charge in [0, 0.05) is 19.1 Å². The number of carbonyl (C=O) groups excluding carboxylic acids is 1. The lowest BCUT2D eigenvalue weighted by molar-refractivity contribution is -0.136. The van der Waals surface area contributed by atoms with Crippen LogP contribution < -0.4 is 10.5 Å². The van der Waals surface area contributed by atoms with Crippen LogP contribution in [0.25, 0.3) is 0 Å². The van der Waals surface area contributed by atoms with Gasteiger partial charge in [-0.25, -0.2) is 0 Å². The van der Waals surface area contributed by atoms with Crippen LogP contribution in [-0.4, -0.2) is 36.5 Å². The quantitative estimate of drug-likeness (QED) is 0.929. The van der Waals surface area contributed by atoms with Crippen LogP contribution in [0.4, 0.5) is 0 Å². The number of nitrogens with zero attached hydrogens (tertiary/aromatic N) is 1. The molecule has 2 rings (SSSR count). The summed E-state index contributed by atoms with van der Waals surface area (Å²) in [6.07, 6.45) is 3.22. The number of aryl methyl sites for hydroxylation is 2. The molecular weight excluding hydrogens is 288 g/mol. The van der Waals surface area contributed by atoms with Crippen molar-refractivity contribution in [3.05, 3.63) is 29.3 Å². The number of likely N-dealkylation sites (tertiary alicyclic amines) is 1. The minimum absolute atomic E-state index is 0. The van der Waals surface area contributed by atoms with Gasteiger partial charge in [0.15, 0.2) is 6.61 Å². The minimum Gasteiger partial charge on any atom is -0.483 e. The van der Waals surface area contributed by atoms with Crippen molar-refractivity contribution in [2.45, 2.75) is 39.2 Å². The highest BCUT2D eigenvalue weighted by Crippen LogP contribution is 2.20. The Kier molecular flexibility index (Phi) is 6.99. The van der Waals surface area contributed by atoms with Crippen molar-refractivity contribution in [3.63, 3.8) is 0 Å². The molecule has 4 nitrogen and oxygen atoms in total. The summed E-state index contributed by atoms with van der Waals surface area (Å²) in [6, 6.07) is 6.20. The zero-order valence-corrected chi connectivity index (χ0v) is 13.6. The van der Waals surface area contributed by atoms with Crippen LogP contribution in [0.1, 0.15) is 30.4 Å². The second-order valence-corrected chi connectivity index (χ2v) is 5.53. The number of rotatable bonds is 4. The van der Waals surface area contributed by atoms with Crippen LogP contribution in [-0.2, 0) is 4.79 Å². The monoisotopic (exact) mass is 312 g/mol. The molecule has 0 radical (unpaired) electrons. The normalized spacial score (nSPS) is 18.0. The van der Waals surface area contributed by atoms with Gasteiger partial charge in [0.2, 0.25) is 0 Å². The highest BCUT2D eigenvalue weighted by atomic mass is 35.5. The molecule has 0 bridgehead atoms. The predicted molar refractivity (Wildman–Crippen MR) is 87.1 cm³/mol. The average Bonchev–Trinajstić information content (AvgIpc) is 2.47. The second-order valence-electron chi connectivity index (χ2n) is 5.53. The molecule has 2 N–H and O–H groups in total. The number of ether oxygens (including phenoxy) is 1. The van der Waals surface area contributed by atoms with Gasteiger partial charge in [-0.15, -0.1) is 12.4 Å². The Morgan fingerprint density at radius 1 is 1.38 bits per heavy atom. The third kappa shape index (κ3) is 4.61. The van der Waals surface area contributed by atoms with Crippen molar-refractivity contribution >= 4 is 18.3 Å². The summed E-state index contributed by atoms with van der Waals surface area (Å²) in [4.78, 5) is 14.2. The third-order valence-corrected chi connectivity index (χ3v) is 3.91. The summed E-state index contributed by atoms with van der Waals surface area (Å²) in [5.41, 5.74) is 7.94. The number of halogens is 1. The zero-order chi connectivity index (χ0) is 14.5. The molecule has 0 spiro atoms. The Hall–Kier alpha value is -1.26. The van der Waals surface area contributed by atoms with E-state index >= 15 is 0 Å². The smallest absolute Gasteiger partial charge is 0.260 e. The maximum absolute atomic E-state index is 12.3. The molecule has 1 fully saturated rings. The Balaban J connectivity index is 0.00000220. The first-order chi connectivity index (χ1) is 9.61. The summed E-state index contributed by atoms with van der Waals surface area (Å²) in [5.74, 6) is 0.834. The average molecular weight is 313 g/mol. The Morgan fingerprint density at radius 3 is 2.86 bits per heavy atom. The number of hydrogen-bond acceptors (Lipinski definition) is 3. The van der Waals surface area contributed by atoms with Crippen LogP contribution in [0, 0.1) is 13.8 Å². The molecule has 1 aromatic carbocycles. The van der Waals surface area contributed by atoms with Gasteiger partial charge in [-0.3, -0.25) is 4.79 Å². The molecule has 1 aliphatic rings. The molecule has 1 atom stereocenters. The number of piperidine rings is 1. The lowest BCUT2D eigenvalue weighted by Crippen LogP contribution is -2.49. The maximum Gasteiger partial charge on any atom is 0.260 e. The number of hydrogen-bond donors (Lipinski definition) is 1. The lowest BCUT2D eigenvalue weighted by Gasteiger charge is -2.35. The van der Waals surface area contributed by atoms with Crippen molar-refractivity contribution < 1.29 is 9.53 Å². The molecule has 5 heteroatoms. The summed E-state index contributed by atoms with van der Waals surface area (Å²) in [7, 11) is 0. The van der Waals surface area contributed by atoms with Crippen molar-refractivity contribution in [1.29, 1.82) is 0 Å². The van der Waals surface area contributed by atoms with Crippen molar-refractivity contribution in [2.75, 3.05) is 19.7 Å². The molecule has 0 aliphatic carbocycles. The second kappa shape index (κ2) is 8.25. The van der Waals surface area contributed by atoms with Crippen LogP contribution >= 0.6 is 12.4 Å². The van der Waals surface area contributed by atoms with Gasteiger partial charge in [0.1, 0.15) is 5.75 Å². The SMILES string of the molecule is Cc1ccc(C)c(OCC(=O)N2CCCCC2CN)c1.Cl. The van der Waals surface area contributed by atoms with Crippen molar-refractivity contribution in [1.82, 2.24) is 4.90 Å². The molecule has 1 amide bonds. The van der Waals surface area contributed by atoms with E-state index in [0.717, 1.165) is 42.7 Å². The van der Waals surface area contributed by atoms with E-state index in [9.17, 15) is 4.79 Å². The van der Waals surface area contributed by atoms with Gasteiger partial charge >= 0.3 is 0 Å². The summed E-state index contributed by atoms with van der Waals surface area (Å²) in [6.45, 7) is 5.44. The Bertz CT molecular complexity index is 479. The highest BCUT2D eigenvalue weighted by Gasteiger charge is 2.25. The molecule has 118 valence electrons. The molecule has 1 aliphatic heterocycles. The van der Waals surface area contributed by atoms with Crippen LogP contribution in [0.3, 0.4) is 0 Å². The van der Waals surface area contributed by atoms with E-state index in [0.29, 0.717) is 6.54 Å². The van der Waals surface area contributed by atoms with E-state index in [1.165, 1.54) is 0 Å². The zero-order valence-electron chi connectivity index (χ0n) is 12.8. The first-order valence-corrected chi connectivity index (χ1v) is 7.31. The fourth-order valence-corrected chi connectivity index (χ4v) is 2.66. The summed E-state index contributed by atoms with van der Waals surface area (Å²) >= 11 is 0. The van der Waals surface area contributed by atoms with Crippen LogP contribution in [0.5, 0.6) is 5.75 Å². The van der Waals surface area contributed by atoms with E-state index in [2.05, 4.69) is 0 Å². The summed E-state index contributed by atoms with van der Waals surface area (Å²) < 4.78 is 5.69. The predicted octanol–water partition coefficient (Wildman–Crippen LogP) is 2.44. The molecule has 21 heavy (non-hydrogen) atoms. The number of amides is 1. The lowest BCUT2D eigenvalue weighted by atomic mass is 10.0. The largest absolute Gasteiger partial charge is 0.483 e.